The van der Waals surface area contributed by atoms with E-state index in [-0.39, 0.29) is 18.1 Å². The van der Waals surface area contributed by atoms with Crippen molar-refractivity contribution in [1.29, 1.82) is 0 Å². The van der Waals surface area contributed by atoms with Crippen molar-refractivity contribution >= 4 is 15.9 Å². The molecule has 1 atom stereocenters. The van der Waals surface area contributed by atoms with Gasteiger partial charge in [0, 0.05) is 10.0 Å². The summed E-state index contributed by atoms with van der Waals surface area (Å²) in [4.78, 5) is 0. The van der Waals surface area contributed by atoms with Gasteiger partial charge in [-0.2, -0.15) is 0 Å². The highest BCUT2D eigenvalue weighted by atomic mass is 79.9. The topological polar surface area (TPSA) is 69.9 Å². The summed E-state index contributed by atoms with van der Waals surface area (Å²) in [5.41, 5.74) is 0.474. The lowest BCUT2D eigenvalue weighted by Crippen LogP contribution is -2.03. The predicted molar refractivity (Wildman–Crippen MR) is 54.4 cm³/mol. The maximum absolute atomic E-state index is 9.40. The molecule has 0 aliphatic carbocycles. The van der Waals surface area contributed by atoms with Crippen molar-refractivity contribution < 1.29 is 20.1 Å². The third kappa shape index (κ3) is 2.17. The number of benzene rings is 1. The largest absolute Gasteiger partial charge is 0.504 e. The van der Waals surface area contributed by atoms with Gasteiger partial charge >= 0.3 is 0 Å². The molecule has 1 aromatic carbocycles. The molecular weight excluding hydrogens is 252 g/mol. The van der Waals surface area contributed by atoms with Gasteiger partial charge in [0.1, 0.15) is 6.10 Å². The Morgan fingerprint density at radius 2 is 2.14 bits per heavy atom. The molecule has 0 amide bonds. The third-order valence-electron chi connectivity index (χ3n) is 1.83. The molecule has 0 fully saturated rings. The molecule has 3 N–H and O–H groups in total. The average Bonchev–Trinajstić information content (AvgIpc) is 2.17. The van der Waals surface area contributed by atoms with Crippen molar-refractivity contribution in [2.45, 2.75) is 6.10 Å². The van der Waals surface area contributed by atoms with Gasteiger partial charge in [-0.15, -0.1) is 0 Å². The maximum atomic E-state index is 9.40. The fraction of sp³-hybridized carbons (Fsp3) is 0.333. The van der Waals surface area contributed by atoms with Crippen molar-refractivity contribution in [2.24, 2.45) is 0 Å². The summed E-state index contributed by atoms with van der Waals surface area (Å²) in [5.74, 6) is 0.240. The average molecular weight is 263 g/mol. The van der Waals surface area contributed by atoms with Crippen LogP contribution >= 0.6 is 15.9 Å². The molecule has 0 aromatic heterocycles. The molecule has 0 radical (unpaired) electrons. The second-order valence-corrected chi connectivity index (χ2v) is 3.60. The quantitative estimate of drug-likeness (QED) is 0.766. The van der Waals surface area contributed by atoms with Crippen LogP contribution in [0, 0.1) is 0 Å². The highest BCUT2D eigenvalue weighted by Gasteiger charge is 2.14. The second-order valence-electron chi connectivity index (χ2n) is 2.74. The summed E-state index contributed by atoms with van der Waals surface area (Å²) in [7, 11) is 1.41. The minimum Gasteiger partial charge on any atom is -0.504 e. The van der Waals surface area contributed by atoms with Gasteiger partial charge in [-0.3, -0.25) is 0 Å². The predicted octanol–water partition coefficient (Wildman–Crippen LogP) is 1.19. The first-order valence-corrected chi connectivity index (χ1v) is 4.74. The van der Waals surface area contributed by atoms with E-state index in [0.717, 1.165) is 0 Å². The summed E-state index contributed by atoms with van der Waals surface area (Å²) in [6.07, 6.45) is -0.987. The lowest BCUT2D eigenvalue weighted by Gasteiger charge is -2.12. The van der Waals surface area contributed by atoms with Crippen LogP contribution < -0.4 is 4.74 Å². The second kappa shape index (κ2) is 4.63. The molecule has 0 saturated heterocycles. The minimum atomic E-state index is -0.987. The van der Waals surface area contributed by atoms with Crippen LogP contribution in [0.25, 0.3) is 0 Å². The van der Waals surface area contributed by atoms with Gasteiger partial charge < -0.3 is 20.1 Å². The number of rotatable bonds is 3. The molecule has 1 aromatic rings. The van der Waals surface area contributed by atoms with Gasteiger partial charge in [-0.05, 0) is 12.1 Å². The van der Waals surface area contributed by atoms with Crippen LogP contribution in [0.2, 0.25) is 0 Å². The Hall–Kier alpha value is -0.780. The number of aromatic hydroxyl groups is 1. The molecule has 0 aliphatic rings. The molecule has 0 spiro atoms. The number of hydrogen-bond acceptors (Lipinski definition) is 4. The van der Waals surface area contributed by atoms with E-state index >= 15 is 0 Å². The van der Waals surface area contributed by atoms with Gasteiger partial charge in [-0.1, -0.05) is 15.9 Å². The summed E-state index contributed by atoms with van der Waals surface area (Å²) in [6, 6.07) is 2.88. The van der Waals surface area contributed by atoms with Crippen LogP contribution in [-0.2, 0) is 0 Å². The lowest BCUT2D eigenvalue weighted by molar-refractivity contribution is 0.0948. The highest BCUT2D eigenvalue weighted by molar-refractivity contribution is 9.10. The summed E-state index contributed by atoms with van der Waals surface area (Å²) >= 11 is 3.17. The van der Waals surface area contributed by atoms with Crippen molar-refractivity contribution in [3.63, 3.8) is 0 Å². The van der Waals surface area contributed by atoms with E-state index in [1.807, 2.05) is 0 Å². The number of methoxy groups -OCH3 is 1. The van der Waals surface area contributed by atoms with Gasteiger partial charge in [0.15, 0.2) is 11.5 Å². The maximum Gasteiger partial charge on any atom is 0.160 e. The molecule has 0 heterocycles. The lowest BCUT2D eigenvalue weighted by atomic mass is 10.1. The number of aliphatic hydroxyl groups is 2. The SMILES string of the molecule is COc1cc(C(O)CO)c(Br)cc1O. The molecule has 0 bridgehead atoms. The van der Waals surface area contributed by atoms with Crippen LogP contribution in [0.4, 0.5) is 0 Å². The zero-order chi connectivity index (χ0) is 10.7. The summed E-state index contributed by atoms with van der Waals surface area (Å²) in [5, 5.41) is 27.5. The molecular formula is C9H11BrO4. The van der Waals surface area contributed by atoms with E-state index in [1.54, 1.807) is 0 Å². The molecule has 1 unspecified atom stereocenters. The monoisotopic (exact) mass is 262 g/mol. The Kier molecular flexibility index (Phi) is 3.74. The van der Waals surface area contributed by atoms with Gasteiger partial charge in [0.05, 0.1) is 13.7 Å². The first-order chi connectivity index (χ1) is 6.60. The number of hydrogen-bond donors (Lipinski definition) is 3. The first-order valence-electron chi connectivity index (χ1n) is 3.95. The number of halogens is 1. The van der Waals surface area contributed by atoms with Crippen molar-refractivity contribution in [2.75, 3.05) is 13.7 Å². The Bertz CT molecular complexity index is 327. The van der Waals surface area contributed by atoms with Gasteiger partial charge in [0.25, 0.3) is 0 Å². The summed E-state index contributed by atoms with van der Waals surface area (Å²) in [6.45, 7) is -0.382. The van der Waals surface area contributed by atoms with Gasteiger partial charge in [0.2, 0.25) is 0 Å². The fourth-order valence-electron chi connectivity index (χ4n) is 1.08. The number of ether oxygens (including phenoxy) is 1. The van der Waals surface area contributed by atoms with Gasteiger partial charge in [-0.25, -0.2) is 0 Å². The van der Waals surface area contributed by atoms with E-state index in [9.17, 15) is 10.2 Å². The van der Waals surface area contributed by atoms with E-state index < -0.39 is 6.10 Å². The van der Waals surface area contributed by atoms with Crippen molar-refractivity contribution in [3.8, 4) is 11.5 Å². The molecule has 5 heteroatoms. The Labute approximate surface area is 89.9 Å². The number of phenolic OH excluding ortho intramolecular Hbond substituents is 1. The van der Waals surface area contributed by atoms with Crippen LogP contribution in [0.15, 0.2) is 16.6 Å². The Morgan fingerprint density at radius 1 is 1.50 bits per heavy atom. The van der Waals surface area contributed by atoms with E-state index in [4.69, 9.17) is 9.84 Å². The number of aliphatic hydroxyl groups excluding tert-OH is 2. The molecule has 1 rings (SSSR count). The van der Waals surface area contributed by atoms with Crippen molar-refractivity contribution in [1.82, 2.24) is 0 Å². The molecule has 0 aliphatic heterocycles. The van der Waals surface area contributed by atoms with Crippen LogP contribution in [0.5, 0.6) is 11.5 Å². The van der Waals surface area contributed by atoms with Crippen molar-refractivity contribution in [3.05, 3.63) is 22.2 Å². The molecule has 0 saturated carbocycles. The normalized spacial score (nSPS) is 12.6. The molecule has 14 heavy (non-hydrogen) atoms. The minimum absolute atomic E-state index is 0.0201. The standard InChI is InChI=1S/C9H11BrO4/c1-14-9-2-5(8(13)4-11)6(10)3-7(9)12/h2-3,8,11-13H,4H2,1H3. The summed E-state index contributed by atoms with van der Waals surface area (Å²) < 4.78 is 5.40. The zero-order valence-electron chi connectivity index (χ0n) is 7.57. The zero-order valence-corrected chi connectivity index (χ0v) is 9.15. The van der Waals surface area contributed by atoms with E-state index in [1.165, 1.54) is 19.2 Å². The van der Waals surface area contributed by atoms with Crippen LogP contribution in [0.3, 0.4) is 0 Å². The Balaban J connectivity index is 3.17. The third-order valence-corrected chi connectivity index (χ3v) is 2.52. The first kappa shape index (κ1) is 11.3. The smallest absolute Gasteiger partial charge is 0.160 e. The van der Waals surface area contributed by atoms with E-state index in [2.05, 4.69) is 15.9 Å². The Morgan fingerprint density at radius 3 is 2.64 bits per heavy atom. The molecule has 78 valence electrons. The van der Waals surface area contributed by atoms with Crippen LogP contribution in [-0.4, -0.2) is 29.0 Å². The van der Waals surface area contributed by atoms with Crippen LogP contribution in [0.1, 0.15) is 11.7 Å². The van der Waals surface area contributed by atoms with E-state index in [0.29, 0.717) is 10.0 Å². The number of phenols is 1. The molecule has 4 nitrogen and oxygen atoms in total. The fourth-order valence-corrected chi connectivity index (χ4v) is 1.67. The highest BCUT2D eigenvalue weighted by Crippen LogP contribution is 2.34.